The van der Waals surface area contributed by atoms with Crippen LogP contribution in [-0.2, 0) is 0 Å². The Hall–Kier alpha value is -0.0800. The molecule has 0 aromatic carbocycles. The van der Waals surface area contributed by atoms with Gasteiger partial charge in [-0.25, -0.2) is 0 Å². The summed E-state index contributed by atoms with van der Waals surface area (Å²) in [6, 6.07) is 0.871. The van der Waals surface area contributed by atoms with Crippen molar-refractivity contribution in [3.8, 4) is 0 Å². The van der Waals surface area contributed by atoms with Crippen molar-refractivity contribution < 1.29 is 0 Å². The third-order valence-electron chi connectivity index (χ3n) is 2.19. The topological polar surface area (TPSA) is 38.0 Å². The van der Waals surface area contributed by atoms with E-state index in [1.54, 1.807) is 0 Å². The molecule has 0 aliphatic heterocycles. The highest BCUT2D eigenvalue weighted by Crippen LogP contribution is 2.07. The zero-order chi connectivity index (χ0) is 9.56. The molecule has 3 N–H and O–H groups in total. The zero-order valence-electron chi connectivity index (χ0n) is 8.93. The average Bonchev–Trinajstić information content (AvgIpc) is 2.00. The van der Waals surface area contributed by atoms with Crippen LogP contribution in [0.5, 0.6) is 0 Å². The van der Waals surface area contributed by atoms with Crippen LogP contribution in [-0.4, -0.2) is 18.6 Å². The van der Waals surface area contributed by atoms with E-state index in [4.69, 9.17) is 5.73 Å². The minimum absolute atomic E-state index is 0.322. The Balaban J connectivity index is 3.39. The largest absolute Gasteiger partial charge is 0.327 e. The van der Waals surface area contributed by atoms with Gasteiger partial charge in [-0.1, -0.05) is 34.1 Å². The van der Waals surface area contributed by atoms with Crippen molar-refractivity contribution >= 4 is 0 Å². The van der Waals surface area contributed by atoms with E-state index in [-0.39, 0.29) is 0 Å². The molecule has 2 nitrogen and oxygen atoms in total. The van der Waals surface area contributed by atoms with Gasteiger partial charge in [-0.05, 0) is 12.3 Å². The van der Waals surface area contributed by atoms with Gasteiger partial charge >= 0.3 is 0 Å². The summed E-state index contributed by atoms with van der Waals surface area (Å²) in [6.45, 7) is 9.72. The standard InChI is InChI=1S/C10H24N2/c1-5-9(4)6-10(11)7-12-8(2)3/h8-10,12H,5-7,11H2,1-4H3/t9-,10-/m1/s1. The van der Waals surface area contributed by atoms with Gasteiger partial charge in [0.15, 0.2) is 0 Å². The molecular weight excluding hydrogens is 148 g/mol. The van der Waals surface area contributed by atoms with Crippen LogP contribution < -0.4 is 11.1 Å². The molecule has 0 aromatic rings. The molecule has 0 amide bonds. The molecule has 0 aromatic heterocycles. The molecule has 2 heteroatoms. The summed E-state index contributed by atoms with van der Waals surface area (Å²) in [5.74, 6) is 0.758. The summed E-state index contributed by atoms with van der Waals surface area (Å²) in [4.78, 5) is 0. The summed E-state index contributed by atoms with van der Waals surface area (Å²) in [5.41, 5.74) is 5.94. The lowest BCUT2D eigenvalue weighted by Crippen LogP contribution is -2.38. The van der Waals surface area contributed by atoms with Crippen molar-refractivity contribution in [2.75, 3.05) is 6.54 Å². The van der Waals surface area contributed by atoms with E-state index >= 15 is 0 Å². The monoisotopic (exact) mass is 172 g/mol. The second-order valence-electron chi connectivity index (χ2n) is 4.07. The van der Waals surface area contributed by atoms with Crippen molar-refractivity contribution in [3.63, 3.8) is 0 Å². The maximum atomic E-state index is 5.94. The number of hydrogen-bond acceptors (Lipinski definition) is 2. The van der Waals surface area contributed by atoms with E-state index in [2.05, 4.69) is 33.0 Å². The quantitative estimate of drug-likeness (QED) is 0.640. The minimum atomic E-state index is 0.322. The highest BCUT2D eigenvalue weighted by Gasteiger charge is 2.07. The van der Waals surface area contributed by atoms with Crippen molar-refractivity contribution in [2.24, 2.45) is 11.7 Å². The third-order valence-corrected chi connectivity index (χ3v) is 2.19. The first-order chi connectivity index (χ1) is 5.56. The SMILES string of the molecule is CC[C@@H](C)C[C@@H](N)CNC(C)C. The molecule has 2 atom stereocenters. The van der Waals surface area contributed by atoms with Crippen LogP contribution in [0.25, 0.3) is 0 Å². The van der Waals surface area contributed by atoms with Crippen molar-refractivity contribution in [2.45, 2.75) is 52.6 Å². The molecule has 0 saturated carbocycles. The lowest BCUT2D eigenvalue weighted by Gasteiger charge is -2.17. The third kappa shape index (κ3) is 6.62. The van der Waals surface area contributed by atoms with E-state index in [0.29, 0.717) is 12.1 Å². The van der Waals surface area contributed by atoms with Crippen LogP contribution >= 0.6 is 0 Å². The first kappa shape index (κ1) is 11.9. The normalized spacial score (nSPS) is 16.5. The lowest BCUT2D eigenvalue weighted by atomic mass is 10.00. The first-order valence-electron chi connectivity index (χ1n) is 5.05. The van der Waals surface area contributed by atoms with Crippen molar-refractivity contribution in [3.05, 3.63) is 0 Å². The fraction of sp³-hybridized carbons (Fsp3) is 1.00. The van der Waals surface area contributed by atoms with Crippen LogP contribution in [0.4, 0.5) is 0 Å². The molecule has 0 unspecified atom stereocenters. The maximum absolute atomic E-state index is 5.94. The smallest absolute Gasteiger partial charge is 0.0167 e. The number of hydrogen-bond donors (Lipinski definition) is 2. The minimum Gasteiger partial charge on any atom is -0.327 e. The Kier molecular flexibility index (Phi) is 6.39. The molecule has 0 fully saturated rings. The number of rotatable bonds is 6. The van der Waals surface area contributed by atoms with Crippen LogP contribution in [0.1, 0.15) is 40.5 Å². The van der Waals surface area contributed by atoms with Crippen LogP contribution in [0.15, 0.2) is 0 Å². The molecule has 0 rings (SSSR count). The summed E-state index contributed by atoms with van der Waals surface area (Å²) < 4.78 is 0. The van der Waals surface area contributed by atoms with E-state index in [9.17, 15) is 0 Å². The van der Waals surface area contributed by atoms with Crippen LogP contribution in [0, 0.1) is 5.92 Å². The molecular formula is C10H24N2. The summed E-state index contributed by atoms with van der Waals surface area (Å²) in [5, 5.41) is 3.35. The summed E-state index contributed by atoms with van der Waals surface area (Å²) in [6.07, 6.45) is 2.37. The van der Waals surface area contributed by atoms with Crippen molar-refractivity contribution in [1.29, 1.82) is 0 Å². The molecule has 0 aliphatic rings. The second kappa shape index (κ2) is 6.44. The molecule has 12 heavy (non-hydrogen) atoms. The fourth-order valence-corrected chi connectivity index (χ4v) is 1.15. The fourth-order valence-electron chi connectivity index (χ4n) is 1.15. The Morgan fingerprint density at radius 2 is 1.83 bits per heavy atom. The van der Waals surface area contributed by atoms with Gasteiger partial charge in [-0.2, -0.15) is 0 Å². The van der Waals surface area contributed by atoms with Crippen LogP contribution in [0.3, 0.4) is 0 Å². The molecule has 0 heterocycles. The zero-order valence-corrected chi connectivity index (χ0v) is 8.93. The molecule has 0 saturated heterocycles. The summed E-state index contributed by atoms with van der Waals surface area (Å²) >= 11 is 0. The molecule has 0 radical (unpaired) electrons. The highest BCUT2D eigenvalue weighted by atomic mass is 14.9. The Morgan fingerprint density at radius 1 is 1.25 bits per heavy atom. The Bertz CT molecular complexity index is 102. The number of nitrogens with two attached hydrogens (primary N) is 1. The van der Waals surface area contributed by atoms with Gasteiger partial charge in [0.2, 0.25) is 0 Å². The van der Waals surface area contributed by atoms with E-state index in [0.717, 1.165) is 18.9 Å². The average molecular weight is 172 g/mol. The predicted octanol–water partition coefficient (Wildman–Crippen LogP) is 1.75. The van der Waals surface area contributed by atoms with Gasteiger partial charge in [-0.3, -0.25) is 0 Å². The Labute approximate surface area is 76.9 Å². The van der Waals surface area contributed by atoms with Gasteiger partial charge in [0.25, 0.3) is 0 Å². The lowest BCUT2D eigenvalue weighted by molar-refractivity contribution is 0.422. The molecule has 0 aliphatic carbocycles. The maximum Gasteiger partial charge on any atom is 0.0167 e. The predicted molar refractivity (Wildman–Crippen MR) is 55.2 cm³/mol. The van der Waals surface area contributed by atoms with E-state index in [1.807, 2.05) is 0 Å². The van der Waals surface area contributed by atoms with E-state index < -0.39 is 0 Å². The van der Waals surface area contributed by atoms with Crippen LogP contribution in [0.2, 0.25) is 0 Å². The first-order valence-corrected chi connectivity index (χ1v) is 5.05. The van der Waals surface area contributed by atoms with Gasteiger partial charge < -0.3 is 11.1 Å². The second-order valence-corrected chi connectivity index (χ2v) is 4.07. The van der Waals surface area contributed by atoms with Gasteiger partial charge in [0.05, 0.1) is 0 Å². The van der Waals surface area contributed by atoms with Crippen molar-refractivity contribution in [1.82, 2.24) is 5.32 Å². The summed E-state index contributed by atoms with van der Waals surface area (Å²) in [7, 11) is 0. The molecule has 0 bridgehead atoms. The van der Waals surface area contributed by atoms with Gasteiger partial charge in [0.1, 0.15) is 0 Å². The van der Waals surface area contributed by atoms with Gasteiger partial charge in [-0.15, -0.1) is 0 Å². The number of nitrogens with one attached hydrogen (secondary N) is 1. The Morgan fingerprint density at radius 3 is 2.25 bits per heavy atom. The highest BCUT2D eigenvalue weighted by molar-refractivity contribution is 4.68. The molecule has 0 spiro atoms. The molecule has 74 valence electrons. The van der Waals surface area contributed by atoms with E-state index in [1.165, 1.54) is 6.42 Å². The van der Waals surface area contributed by atoms with Gasteiger partial charge in [0, 0.05) is 18.6 Å².